The molecule has 0 unspecified atom stereocenters. The molecule has 8 aromatic rings. The van der Waals surface area contributed by atoms with Crippen LogP contribution in [-0.2, 0) is 13.1 Å². The summed E-state index contributed by atoms with van der Waals surface area (Å²) >= 11 is 0. The lowest BCUT2D eigenvalue weighted by Crippen LogP contribution is -2.22. The Morgan fingerprint density at radius 3 is 1.55 bits per heavy atom. The van der Waals surface area contributed by atoms with Crippen LogP contribution in [0.3, 0.4) is 0 Å². The highest BCUT2D eigenvalue weighted by molar-refractivity contribution is 5.87. The minimum absolute atomic E-state index is 0.447. The molecule has 0 saturated carbocycles. The van der Waals surface area contributed by atoms with Crippen molar-refractivity contribution in [3.05, 3.63) is 151 Å². The van der Waals surface area contributed by atoms with E-state index in [0.717, 1.165) is 73.5 Å². The summed E-state index contributed by atoms with van der Waals surface area (Å²) in [6.07, 6.45) is 3.85. The van der Waals surface area contributed by atoms with Crippen molar-refractivity contribution in [2.45, 2.75) is 13.1 Å². The Bertz CT molecular complexity index is 2340. The summed E-state index contributed by atoms with van der Waals surface area (Å²) in [4.78, 5) is 12.6. The number of aromatic nitrogens is 8. The molecule has 8 rings (SSSR count). The minimum atomic E-state index is 0.447. The average Bonchev–Trinajstić information content (AvgIpc) is 3.88. The number of ether oxygens (including phenoxy) is 2. The maximum Gasteiger partial charge on any atom is 0.121 e. The third-order valence-corrected chi connectivity index (χ3v) is 8.53. The molecule has 0 spiro atoms. The number of rotatable bonds is 11. The van der Waals surface area contributed by atoms with E-state index in [2.05, 4.69) is 61.9 Å². The zero-order valence-electron chi connectivity index (χ0n) is 28.0. The third kappa shape index (κ3) is 6.73. The SMILES string of the molecule is COc1cccc(-n2cc(CN(Cc3cn(-c4cccc(OC)c4)nn3)c3ccc4nc(-c5ccccc5)c(-c5ccccc5)nc4c3)nn2)c1. The maximum absolute atomic E-state index is 5.42. The van der Waals surface area contributed by atoms with Gasteiger partial charge in [-0.25, -0.2) is 19.3 Å². The molecular weight excluding hydrogens is 639 g/mol. The average molecular weight is 672 g/mol. The zero-order chi connectivity index (χ0) is 34.6. The van der Waals surface area contributed by atoms with Gasteiger partial charge in [-0.15, -0.1) is 10.2 Å². The fraction of sp³-hybridized carbons (Fsp3) is 0.100. The van der Waals surface area contributed by atoms with E-state index < -0.39 is 0 Å². The third-order valence-electron chi connectivity index (χ3n) is 8.53. The first-order chi connectivity index (χ1) is 25.1. The molecule has 0 saturated heterocycles. The lowest BCUT2D eigenvalue weighted by molar-refractivity contribution is 0.414. The van der Waals surface area contributed by atoms with Crippen LogP contribution in [0.2, 0.25) is 0 Å². The molecule has 0 bridgehead atoms. The second-order valence-corrected chi connectivity index (χ2v) is 11.9. The van der Waals surface area contributed by atoms with Gasteiger partial charge in [0.15, 0.2) is 0 Å². The largest absolute Gasteiger partial charge is 0.497 e. The van der Waals surface area contributed by atoms with Crippen LogP contribution >= 0.6 is 0 Å². The van der Waals surface area contributed by atoms with E-state index in [1.165, 1.54) is 0 Å². The monoisotopic (exact) mass is 671 g/mol. The fourth-order valence-electron chi connectivity index (χ4n) is 5.96. The molecular formula is C40H33N9O2. The highest BCUT2D eigenvalue weighted by atomic mass is 16.5. The number of hydrogen-bond donors (Lipinski definition) is 0. The van der Waals surface area contributed by atoms with Crippen LogP contribution in [0.15, 0.2) is 140 Å². The number of nitrogens with zero attached hydrogens (tertiary/aromatic N) is 9. The molecule has 0 atom stereocenters. The van der Waals surface area contributed by atoms with E-state index in [9.17, 15) is 0 Å². The van der Waals surface area contributed by atoms with E-state index in [0.29, 0.717) is 13.1 Å². The lowest BCUT2D eigenvalue weighted by Gasteiger charge is -2.23. The first-order valence-electron chi connectivity index (χ1n) is 16.4. The van der Waals surface area contributed by atoms with Crippen molar-refractivity contribution in [1.82, 2.24) is 40.0 Å². The van der Waals surface area contributed by atoms with Crippen LogP contribution in [0.4, 0.5) is 5.69 Å². The van der Waals surface area contributed by atoms with Gasteiger partial charge in [0.2, 0.25) is 0 Å². The van der Waals surface area contributed by atoms with Crippen molar-refractivity contribution in [3.63, 3.8) is 0 Å². The van der Waals surface area contributed by atoms with Gasteiger partial charge in [0.25, 0.3) is 0 Å². The second kappa shape index (κ2) is 13.9. The van der Waals surface area contributed by atoms with Gasteiger partial charge in [0.05, 0.1) is 73.5 Å². The summed E-state index contributed by atoms with van der Waals surface area (Å²) in [5.41, 5.74) is 9.40. The predicted octanol–water partition coefficient (Wildman–Crippen LogP) is 7.35. The summed E-state index contributed by atoms with van der Waals surface area (Å²) in [5.74, 6) is 1.49. The van der Waals surface area contributed by atoms with Crippen molar-refractivity contribution in [2.75, 3.05) is 19.1 Å². The molecule has 5 aromatic carbocycles. The Labute approximate surface area is 294 Å². The smallest absolute Gasteiger partial charge is 0.121 e. The van der Waals surface area contributed by atoms with Crippen molar-refractivity contribution < 1.29 is 9.47 Å². The highest BCUT2D eigenvalue weighted by Gasteiger charge is 2.18. The van der Waals surface area contributed by atoms with Crippen LogP contribution < -0.4 is 14.4 Å². The second-order valence-electron chi connectivity index (χ2n) is 11.9. The van der Waals surface area contributed by atoms with Crippen LogP contribution in [0, 0.1) is 0 Å². The molecule has 0 amide bonds. The van der Waals surface area contributed by atoms with Crippen LogP contribution in [0.25, 0.3) is 44.9 Å². The van der Waals surface area contributed by atoms with Gasteiger partial charge >= 0.3 is 0 Å². The van der Waals surface area contributed by atoms with Crippen molar-refractivity contribution in [1.29, 1.82) is 0 Å². The first-order valence-corrected chi connectivity index (χ1v) is 16.4. The lowest BCUT2D eigenvalue weighted by atomic mass is 10.0. The van der Waals surface area contributed by atoms with Crippen molar-refractivity contribution in [3.8, 4) is 45.4 Å². The summed E-state index contributed by atoms with van der Waals surface area (Å²) < 4.78 is 14.3. The number of fused-ring (bicyclic) bond motifs is 1. The number of benzene rings is 5. The molecule has 3 heterocycles. The Hall–Kier alpha value is -6.88. The van der Waals surface area contributed by atoms with Crippen LogP contribution in [-0.4, -0.2) is 54.2 Å². The highest BCUT2D eigenvalue weighted by Crippen LogP contribution is 2.32. The van der Waals surface area contributed by atoms with Gasteiger partial charge in [0, 0.05) is 28.9 Å². The topological polar surface area (TPSA) is 109 Å². The number of hydrogen-bond acceptors (Lipinski definition) is 9. The number of anilines is 1. The summed E-state index contributed by atoms with van der Waals surface area (Å²) in [6.45, 7) is 0.894. The predicted molar refractivity (Wildman–Crippen MR) is 196 cm³/mol. The summed E-state index contributed by atoms with van der Waals surface area (Å²) in [7, 11) is 3.29. The van der Waals surface area contributed by atoms with Crippen LogP contribution in [0.5, 0.6) is 11.5 Å². The summed E-state index contributed by atoms with van der Waals surface area (Å²) in [5, 5.41) is 17.9. The normalized spacial score (nSPS) is 11.1. The van der Waals surface area contributed by atoms with Gasteiger partial charge < -0.3 is 14.4 Å². The van der Waals surface area contributed by atoms with Crippen molar-refractivity contribution in [2.24, 2.45) is 0 Å². The van der Waals surface area contributed by atoms with Crippen molar-refractivity contribution >= 4 is 16.7 Å². The molecule has 250 valence electrons. The molecule has 11 nitrogen and oxygen atoms in total. The molecule has 0 N–H and O–H groups in total. The molecule has 0 aliphatic heterocycles. The van der Waals surface area contributed by atoms with E-state index >= 15 is 0 Å². The molecule has 11 heteroatoms. The van der Waals surface area contributed by atoms with Gasteiger partial charge in [-0.1, -0.05) is 83.2 Å². The van der Waals surface area contributed by atoms with E-state index in [1.807, 2.05) is 103 Å². The Morgan fingerprint density at radius 1 is 0.529 bits per heavy atom. The molecule has 0 fully saturated rings. The maximum atomic E-state index is 5.42. The molecule has 51 heavy (non-hydrogen) atoms. The van der Waals surface area contributed by atoms with Gasteiger partial charge in [-0.2, -0.15) is 0 Å². The molecule has 0 aliphatic carbocycles. The molecule has 0 radical (unpaired) electrons. The molecule has 3 aromatic heterocycles. The Morgan fingerprint density at radius 2 is 1.04 bits per heavy atom. The molecule has 0 aliphatic rings. The van der Waals surface area contributed by atoms with E-state index in [-0.39, 0.29) is 0 Å². The minimum Gasteiger partial charge on any atom is -0.497 e. The Kier molecular flexibility index (Phi) is 8.57. The van der Waals surface area contributed by atoms with Gasteiger partial charge in [-0.05, 0) is 42.5 Å². The first kappa shape index (κ1) is 31.4. The van der Waals surface area contributed by atoms with Gasteiger partial charge in [0.1, 0.15) is 22.9 Å². The van der Waals surface area contributed by atoms with Crippen LogP contribution in [0.1, 0.15) is 11.4 Å². The fourth-order valence-corrected chi connectivity index (χ4v) is 5.96. The van der Waals surface area contributed by atoms with E-state index in [4.69, 9.17) is 19.4 Å². The number of methoxy groups -OCH3 is 2. The van der Waals surface area contributed by atoms with Gasteiger partial charge in [-0.3, -0.25) is 0 Å². The standard InChI is InChI=1S/C40H33N9O2/c1-50-35-17-9-15-33(21-35)48-26-30(43-45-48)24-47(25-31-27-49(46-44-31)34-16-10-18-36(22-34)51-2)32-19-20-37-38(23-32)42-40(29-13-7-4-8-14-29)39(41-37)28-11-5-3-6-12-28/h3-23,26-27H,24-25H2,1-2H3. The zero-order valence-corrected chi connectivity index (χ0v) is 28.0. The quantitative estimate of drug-likeness (QED) is 0.139. The van der Waals surface area contributed by atoms with E-state index in [1.54, 1.807) is 23.6 Å². The Balaban J connectivity index is 1.18. The summed E-state index contributed by atoms with van der Waals surface area (Å²) in [6, 6.07) is 41.9.